The average molecular weight is 294 g/mol. The first-order chi connectivity index (χ1) is 9.10. The summed E-state index contributed by atoms with van der Waals surface area (Å²) in [5.41, 5.74) is 10.6. The van der Waals surface area contributed by atoms with Gasteiger partial charge in [-0.2, -0.15) is 0 Å². The zero-order chi connectivity index (χ0) is 13.8. The van der Waals surface area contributed by atoms with Gasteiger partial charge >= 0.3 is 0 Å². The fraction of sp³-hybridized carbons (Fsp3) is 0.167. The Bertz CT molecular complexity index is 597. The second-order valence-electron chi connectivity index (χ2n) is 3.93. The molecule has 0 saturated heterocycles. The van der Waals surface area contributed by atoms with Crippen LogP contribution < -0.4 is 17.0 Å². The third-order valence-electron chi connectivity index (χ3n) is 2.46. The van der Waals surface area contributed by atoms with Crippen molar-refractivity contribution in [2.24, 2.45) is 5.84 Å². The van der Waals surface area contributed by atoms with Crippen LogP contribution in [0.15, 0.2) is 28.5 Å². The van der Waals surface area contributed by atoms with E-state index in [1.165, 1.54) is 16.9 Å². The molecule has 19 heavy (non-hydrogen) atoms. The number of anilines is 1. The molecule has 0 aliphatic carbocycles. The molecule has 5 nitrogen and oxygen atoms in total. The number of hydrogen-bond donors (Lipinski definition) is 3. The number of nitrogens with one attached hydrogen (secondary N) is 1. The summed E-state index contributed by atoms with van der Waals surface area (Å²) >= 11 is 2.93. The zero-order valence-electron chi connectivity index (χ0n) is 10.3. The first kappa shape index (κ1) is 13.9. The molecule has 2 aromatic rings. The molecule has 0 fully saturated rings. The van der Waals surface area contributed by atoms with Gasteiger partial charge in [0.1, 0.15) is 0 Å². The third-order valence-corrected chi connectivity index (χ3v) is 4.55. The van der Waals surface area contributed by atoms with Gasteiger partial charge in [-0.3, -0.25) is 10.2 Å². The van der Waals surface area contributed by atoms with Crippen LogP contribution >= 0.6 is 23.1 Å². The number of aromatic nitrogens is 1. The predicted octanol–water partition coefficient (Wildman–Crippen LogP) is 1.93. The first-order valence-electron chi connectivity index (χ1n) is 5.54. The van der Waals surface area contributed by atoms with E-state index in [4.69, 9.17) is 11.6 Å². The molecule has 0 unspecified atom stereocenters. The van der Waals surface area contributed by atoms with E-state index in [9.17, 15) is 4.79 Å². The minimum Gasteiger partial charge on any atom is -0.399 e. The number of hydrogen-bond acceptors (Lipinski definition) is 6. The van der Waals surface area contributed by atoms with E-state index in [1.54, 1.807) is 11.8 Å². The highest BCUT2D eigenvalue weighted by atomic mass is 32.2. The van der Waals surface area contributed by atoms with Crippen molar-refractivity contribution in [1.82, 2.24) is 10.4 Å². The summed E-state index contributed by atoms with van der Waals surface area (Å²) in [6.45, 7) is 2.04. The van der Waals surface area contributed by atoms with Gasteiger partial charge < -0.3 is 5.73 Å². The molecule has 1 aromatic carbocycles. The van der Waals surface area contributed by atoms with Crippen molar-refractivity contribution >= 4 is 34.7 Å². The smallest absolute Gasteiger partial charge is 0.294 e. The van der Waals surface area contributed by atoms with Crippen LogP contribution in [0.4, 0.5) is 5.69 Å². The maximum absolute atomic E-state index is 11.3. The molecular weight excluding hydrogens is 280 g/mol. The van der Waals surface area contributed by atoms with Crippen LogP contribution in [0.5, 0.6) is 0 Å². The minimum absolute atomic E-state index is 0.360. The van der Waals surface area contributed by atoms with Gasteiger partial charge in [0.05, 0.1) is 5.69 Å². The van der Waals surface area contributed by atoms with E-state index >= 15 is 0 Å². The molecule has 0 aliphatic heterocycles. The maximum atomic E-state index is 11.3. The average Bonchev–Trinajstić information content (AvgIpc) is 2.88. The summed E-state index contributed by atoms with van der Waals surface area (Å²) < 4.78 is 0. The lowest BCUT2D eigenvalue weighted by Gasteiger charge is -2.05. The Kier molecular flexibility index (Phi) is 4.41. The Morgan fingerprint density at radius 1 is 1.53 bits per heavy atom. The lowest BCUT2D eigenvalue weighted by molar-refractivity contribution is 0.0953. The van der Waals surface area contributed by atoms with Crippen LogP contribution in [-0.4, -0.2) is 10.9 Å². The minimum atomic E-state index is -0.360. The summed E-state index contributed by atoms with van der Waals surface area (Å²) in [5, 5.41) is 2.24. The number of nitrogens with two attached hydrogens (primary N) is 2. The predicted molar refractivity (Wildman–Crippen MR) is 78.9 cm³/mol. The van der Waals surface area contributed by atoms with Gasteiger partial charge in [0.25, 0.3) is 5.91 Å². The van der Waals surface area contributed by atoms with Gasteiger partial charge in [-0.05, 0) is 24.6 Å². The normalized spacial score (nSPS) is 10.4. The molecule has 0 radical (unpaired) electrons. The van der Waals surface area contributed by atoms with Crippen molar-refractivity contribution in [2.75, 3.05) is 5.73 Å². The van der Waals surface area contributed by atoms with Crippen molar-refractivity contribution in [2.45, 2.75) is 17.6 Å². The van der Waals surface area contributed by atoms with Gasteiger partial charge in [0.15, 0.2) is 5.01 Å². The SMILES string of the molecule is Cc1ccc(N)cc1SCc1csc(C(=O)NN)n1. The summed E-state index contributed by atoms with van der Waals surface area (Å²) in [6.07, 6.45) is 0. The number of carbonyl (C=O) groups is 1. The Balaban J connectivity index is 2.04. The molecule has 1 aromatic heterocycles. The van der Waals surface area contributed by atoms with E-state index in [-0.39, 0.29) is 5.91 Å². The van der Waals surface area contributed by atoms with Crippen LogP contribution in [0, 0.1) is 6.92 Å². The molecule has 100 valence electrons. The molecule has 7 heteroatoms. The number of nitrogens with zero attached hydrogens (tertiary/aromatic N) is 1. The van der Waals surface area contributed by atoms with Crippen molar-refractivity contribution < 1.29 is 4.79 Å². The first-order valence-corrected chi connectivity index (χ1v) is 7.41. The number of thiazole rings is 1. The largest absolute Gasteiger partial charge is 0.399 e. The fourth-order valence-electron chi connectivity index (χ4n) is 1.46. The highest BCUT2D eigenvalue weighted by Gasteiger charge is 2.10. The number of benzene rings is 1. The monoisotopic (exact) mass is 294 g/mol. The van der Waals surface area contributed by atoms with Gasteiger partial charge in [-0.25, -0.2) is 10.8 Å². The van der Waals surface area contributed by atoms with Crippen LogP contribution in [0.25, 0.3) is 0 Å². The molecule has 2 rings (SSSR count). The van der Waals surface area contributed by atoms with Crippen LogP contribution in [0.1, 0.15) is 21.1 Å². The number of hydrazine groups is 1. The van der Waals surface area contributed by atoms with Crippen LogP contribution in [0.2, 0.25) is 0 Å². The molecule has 5 N–H and O–H groups in total. The molecule has 1 heterocycles. The number of aryl methyl sites for hydroxylation is 1. The standard InChI is InChI=1S/C12H14N4OS2/c1-7-2-3-8(13)4-10(7)18-5-9-6-19-12(15-9)11(17)16-14/h2-4,6H,5,13-14H2,1H3,(H,16,17). The molecule has 0 aliphatic rings. The van der Waals surface area contributed by atoms with Gasteiger partial charge in [-0.15, -0.1) is 23.1 Å². The summed E-state index contributed by atoms with van der Waals surface area (Å²) in [7, 11) is 0. The van der Waals surface area contributed by atoms with Crippen molar-refractivity contribution in [1.29, 1.82) is 0 Å². The van der Waals surface area contributed by atoms with Gasteiger partial charge in [-0.1, -0.05) is 6.07 Å². The summed E-state index contributed by atoms with van der Waals surface area (Å²) in [4.78, 5) is 16.6. The highest BCUT2D eigenvalue weighted by molar-refractivity contribution is 7.98. The maximum Gasteiger partial charge on any atom is 0.294 e. The van der Waals surface area contributed by atoms with E-state index in [1.807, 2.05) is 30.5 Å². The van der Waals surface area contributed by atoms with E-state index in [0.717, 1.165) is 16.3 Å². The van der Waals surface area contributed by atoms with Crippen molar-refractivity contribution in [3.05, 3.63) is 39.8 Å². The Labute approximate surface area is 119 Å². The van der Waals surface area contributed by atoms with E-state index < -0.39 is 0 Å². The van der Waals surface area contributed by atoms with Crippen LogP contribution in [0.3, 0.4) is 0 Å². The Hall–Kier alpha value is -1.57. The Morgan fingerprint density at radius 2 is 2.32 bits per heavy atom. The van der Waals surface area contributed by atoms with Gasteiger partial charge in [0.2, 0.25) is 0 Å². The molecule has 1 amide bonds. The molecule has 0 spiro atoms. The fourth-order valence-corrected chi connectivity index (χ4v) is 3.25. The summed E-state index contributed by atoms with van der Waals surface area (Å²) in [6, 6.07) is 5.82. The Morgan fingerprint density at radius 3 is 3.05 bits per heavy atom. The highest BCUT2D eigenvalue weighted by Crippen LogP contribution is 2.28. The number of amides is 1. The lowest BCUT2D eigenvalue weighted by Crippen LogP contribution is -2.29. The number of thioether (sulfide) groups is 1. The van der Waals surface area contributed by atoms with E-state index in [2.05, 4.69) is 10.4 Å². The number of nitrogen functional groups attached to an aromatic ring is 2. The topological polar surface area (TPSA) is 94.0 Å². The second kappa shape index (κ2) is 6.05. The zero-order valence-corrected chi connectivity index (χ0v) is 12.0. The molecule has 0 bridgehead atoms. The number of carbonyl (C=O) groups excluding carboxylic acids is 1. The third kappa shape index (κ3) is 3.46. The molecular formula is C12H14N4OS2. The molecule has 0 atom stereocenters. The quantitative estimate of drug-likeness (QED) is 0.263. The second-order valence-corrected chi connectivity index (χ2v) is 5.81. The van der Waals surface area contributed by atoms with Crippen molar-refractivity contribution in [3.63, 3.8) is 0 Å². The number of rotatable bonds is 4. The van der Waals surface area contributed by atoms with Gasteiger partial charge in [0, 0.05) is 21.7 Å². The summed E-state index contributed by atoms with van der Waals surface area (Å²) in [5.74, 6) is 5.40. The van der Waals surface area contributed by atoms with E-state index in [0.29, 0.717) is 10.8 Å². The lowest BCUT2D eigenvalue weighted by atomic mass is 10.2. The van der Waals surface area contributed by atoms with Crippen molar-refractivity contribution in [3.8, 4) is 0 Å². The van der Waals surface area contributed by atoms with Crippen LogP contribution in [-0.2, 0) is 5.75 Å². The molecule has 0 saturated carbocycles.